The Morgan fingerprint density at radius 1 is 1.25 bits per heavy atom. The number of aliphatic imine (C=N–C) groups is 1. The third-order valence-electron chi connectivity index (χ3n) is 5.21. The van der Waals surface area contributed by atoms with Crippen LogP contribution >= 0.6 is 47.2 Å². The summed E-state index contributed by atoms with van der Waals surface area (Å²) in [6.07, 6.45) is 2.59. The number of nitrogens with zero attached hydrogens (tertiary/aromatic N) is 2. The van der Waals surface area contributed by atoms with Gasteiger partial charge in [0.15, 0.2) is 5.96 Å². The maximum atomic E-state index is 11.6. The highest BCUT2D eigenvalue weighted by Gasteiger charge is 2.28. The SMILES string of the molecule is CN=C(NCC(C)(C)c1c(Cl)cccc1Cl)N1CCC(CC(=O)NC)CC1.I. The molecule has 2 rings (SSSR count). The first-order valence-electron chi connectivity index (χ1n) is 9.39. The molecule has 1 heterocycles. The van der Waals surface area contributed by atoms with Crippen LogP contribution in [0.4, 0.5) is 0 Å². The molecule has 5 nitrogen and oxygen atoms in total. The van der Waals surface area contributed by atoms with Gasteiger partial charge in [-0.25, -0.2) is 0 Å². The van der Waals surface area contributed by atoms with Gasteiger partial charge in [-0.3, -0.25) is 9.79 Å². The van der Waals surface area contributed by atoms with Gasteiger partial charge in [0.1, 0.15) is 0 Å². The van der Waals surface area contributed by atoms with Gasteiger partial charge in [-0.1, -0.05) is 43.1 Å². The molecular weight excluding hydrogens is 510 g/mol. The number of nitrogens with one attached hydrogen (secondary N) is 2. The van der Waals surface area contributed by atoms with E-state index in [4.69, 9.17) is 23.2 Å². The average molecular weight is 541 g/mol. The van der Waals surface area contributed by atoms with E-state index in [-0.39, 0.29) is 35.3 Å². The van der Waals surface area contributed by atoms with Gasteiger partial charge in [0.25, 0.3) is 0 Å². The summed E-state index contributed by atoms with van der Waals surface area (Å²) < 4.78 is 0. The lowest BCUT2D eigenvalue weighted by atomic mass is 9.84. The molecule has 0 aromatic heterocycles. The molecule has 0 atom stereocenters. The van der Waals surface area contributed by atoms with Crippen molar-refractivity contribution in [1.29, 1.82) is 0 Å². The van der Waals surface area contributed by atoms with Crippen LogP contribution in [-0.4, -0.2) is 50.5 Å². The molecule has 0 bridgehead atoms. The molecule has 0 aliphatic carbocycles. The number of carbonyl (C=O) groups is 1. The average Bonchev–Trinajstić information content (AvgIpc) is 2.63. The first kappa shape index (κ1) is 25.3. The first-order valence-corrected chi connectivity index (χ1v) is 10.1. The summed E-state index contributed by atoms with van der Waals surface area (Å²) in [5, 5.41) is 7.55. The van der Waals surface area contributed by atoms with Crippen molar-refractivity contribution in [2.24, 2.45) is 10.9 Å². The fraction of sp³-hybridized carbons (Fsp3) is 0.600. The highest BCUT2D eigenvalue weighted by Crippen LogP contribution is 2.35. The minimum absolute atomic E-state index is 0. The molecule has 8 heteroatoms. The standard InChI is InChI=1S/C20H30Cl2N4O.HI/c1-20(2,18-15(21)6-5-7-16(18)22)13-25-19(24-4)26-10-8-14(9-11-26)12-17(27)23-3;/h5-7,14H,8-13H2,1-4H3,(H,23,27)(H,24,25);1H. The van der Waals surface area contributed by atoms with Crippen LogP contribution in [0.15, 0.2) is 23.2 Å². The lowest BCUT2D eigenvalue weighted by molar-refractivity contribution is -0.121. The summed E-state index contributed by atoms with van der Waals surface area (Å²) in [6.45, 7) is 6.70. The monoisotopic (exact) mass is 540 g/mol. The predicted molar refractivity (Wildman–Crippen MR) is 129 cm³/mol. The highest BCUT2D eigenvalue weighted by atomic mass is 127. The predicted octanol–water partition coefficient (Wildman–Crippen LogP) is 4.31. The molecule has 158 valence electrons. The Bertz CT molecular complexity index is 669. The summed E-state index contributed by atoms with van der Waals surface area (Å²) in [5.74, 6) is 1.44. The molecular formula is C20H31Cl2IN4O. The number of rotatable bonds is 5. The second kappa shape index (κ2) is 11.5. The maximum Gasteiger partial charge on any atom is 0.220 e. The number of halogens is 3. The molecule has 0 spiro atoms. The van der Waals surface area contributed by atoms with E-state index in [1.54, 1.807) is 14.1 Å². The molecule has 2 N–H and O–H groups in total. The van der Waals surface area contributed by atoms with E-state index in [0.29, 0.717) is 28.9 Å². The normalized spacial score (nSPS) is 15.8. The fourth-order valence-corrected chi connectivity index (χ4v) is 4.49. The summed E-state index contributed by atoms with van der Waals surface area (Å²) >= 11 is 12.8. The molecule has 1 aromatic rings. The van der Waals surface area contributed by atoms with Crippen molar-refractivity contribution in [1.82, 2.24) is 15.5 Å². The number of amides is 1. The van der Waals surface area contributed by atoms with E-state index in [1.807, 2.05) is 18.2 Å². The molecule has 1 aliphatic rings. The summed E-state index contributed by atoms with van der Waals surface area (Å²) in [6, 6.07) is 5.60. The van der Waals surface area contributed by atoms with Crippen LogP contribution in [0, 0.1) is 5.92 Å². The molecule has 0 radical (unpaired) electrons. The van der Waals surface area contributed by atoms with Gasteiger partial charge in [-0.2, -0.15) is 0 Å². The second-order valence-corrected chi connectivity index (χ2v) is 8.50. The molecule has 28 heavy (non-hydrogen) atoms. The Kier molecular flexibility index (Phi) is 10.4. The van der Waals surface area contributed by atoms with Gasteiger partial charge >= 0.3 is 0 Å². The molecule has 1 aliphatic heterocycles. The molecule has 1 fully saturated rings. The molecule has 1 amide bonds. The number of hydrogen-bond acceptors (Lipinski definition) is 2. The van der Waals surface area contributed by atoms with Crippen molar-refractivity contribution in [3.63, 3.8) is 0 Å². The zero-order chi connectivity index (χ0) is 20.0. The van der Waals surface area contributed by atoms with Crippen molar-refractivity contribution >= 4 is 59.0 Å². The van der Waals surface area contributed by atoms with Gasteiger partial charge < -0.3 is 15.5 Å². The van der Waals surface area contributed by atoms with Crippen LogP contribution in [0.1, 0.15) is 38.7 Å². The Morgan fingerprint density at radius 2 is 1.82 bits per heavy atom. The van der Waals surface area contributed by atoms with Crippen LogP contribution < -0.4 is 10.6 Å². The highest BCUT2D eigenvalue weighted by molar-refractivity contribution is 14.0. The topological polar surface area (TPSA) is 56.7 Å². The van der Waals surface area contributed by atoms with E-state index in [1.165, 1.54) is 0 Å². The van der Waals surface area contributed by atoms with E-state index in [0.717, 1.165) is 37.5 Å². The van der Waals surface area contributed by atoms with Gasteiger partial charge in [0.05, 0.1) is 0 Å². The van der Waals surface area contributed by atoms with Crippen LogP contribution in [0.2, 0.25) is 10.0 Å². The molecule has 1 saturated heterocycles. The van der Waals surface area contributed by atoms with Crippen molar-refractivity contribution in [2.75, 3.05) is 33.7 Å². The minimum atomic E-state index is -0.247. The zero-order valence-corrected chi connectivity index (χ0v) is 20.9. The molecule has 1 aromatic carbocycles. The van der Waals surface area contributed by atoms with E-state index >= 15 is 0 Å². The Hall–Kier alpha value is -0.730. The quantitative estimate of drug-likeness (QED) is 0.332. The van der Waals surface area contributed by atoms with Crippen molar-refractivity contribution in [2.45, 2.75) is 38.5 Å². The van der Waals surface area contributed by atoms with Crippen LogP contribution in [0.3, 0.4) is 0 Å². The molecule has 0 unspecified atom stereocenters. The van der Waals surface area contributed by atoms with Gasteiger partial charge in [-0.05, 0) is 36.5 Å². The van der Waals surface area contributed by atoms with Crippen molar-refractivity contribution < 1.29 is 4.79 Å². The number of likely N-dealkylation sites (tertiary alicyclic amines) is 1. The Balaban J connectivity index is 0.00000392. The van der Waals surface area contributed by atoms with Crippen LogP contribution in [0.25, 0.3) is 0 Å². The summed E-state index contributed by atoms with van der Waals surface area (Å²) in [7, 11) is 3.49. The van der Waals surface area contributed by atoms with Crippen LogP contribution in [-0.2, 0) is 10.2 Å². The molecule has 0 saturated carbocycles. The summed E-state index contributed by atoms with van der Waals surface area (Å²) in [5.41, 5.74) is 0.698. The van der Waals surface area contributed by atoms with E-state index in [2.05, 4.69) is 34.4 Å². The largest absolute Gasteiger partial charge is 0.359 e. The van der Waals surface area contributed by atoms with Gasteiger partial charge in [0.2, 0.25) is 5.91 Å². The third-order valence-corrected chi connectivity index (χ3v) is 5.84. The van der Waals surface area contributed by atoms with Gasteiger partial charge in [0, 0.05) is 55.6 Å². The number of guanidine groups is 1. The zero-order valence-electron chi connectivity index (χ0n) is 17.0. The van der Waals surface area contributed by atoms with Crippen molar-refractivity contribution in [3.05, 3.63) is 33.8 Å². The Morgan fingerprint density at radius 3 is 2.32 bits per heavy atom. The lowest BCUT2D eigenvalue weighted by Gasteiger charge is -2.36. The number of hydrogen-bond donors (Lipinski definition) is 2. The Labute approximate surface area is 195 Å². The third kappa shape index (κ3) is 6.66. The lowest BCUT2D eigenvalue weighted by Crippen LogP contribution is -2.49. The van der Waals surface area contributed by atoms with E-state index < -0.39 is 0 Å². The van der Waals surface area contributed by atoms with E-state index in [9.17, 15) is 4.79 Å². The van der Waals surface area contributed by atoms with Gasteiger partial charge in [-0.15, -0.1) is 24.0 Å². The smallest absolute Gasteiger partial charge is 0.220 e. The number of piperidine rings is 1. The number of carbonyl (C=O) groups excluding carboxylic acids is 1. The van der Waals surface area contributed by atoms with Crippen molar-refractivity contribution in [3.8, 4) is 0 Å². The van der Waals surface area contributed by atoms with Crippen LogP contribution in [0.5, 0.6) is 0 Å². The fourth-order valence-electron chi connectivity index (χ4n) is 3.58. The number of benzene rings is 1. The maximum absolute atomic E-state index is 11.6. The first-order chi connectivity index (χ1) is 12.8. The second-order valence-electron chi connectivity index (χ2n) is 7.69. The minimum Gasteiger partial charge on any atom is -0.359 e. The summed E-state index contributed by atoms with van der Waals surface area (Å²) in [4.78, 5) is 18.3.